The van der Waals surface area contributed by atoms with Gasteiger partial charge in [0, 0.05) is 32.9 Å². The fraction of sp³-hybridized carbons (Fsp3) is 0.219. The Morgan fingerprint density at radius 1 is 0.881 bits per heavy atom. The highest BCUT2D eigenvalue weighted by molar-refractivity contribution is 6.31. The highest BCUT2D eigenvalue weighted by Crippen LogP contribution is 2.51. The first-order valence-electron chi connectivity index (χ1n) is 13.1. The first-order chi connectivity index (χ1) is 20.2. The molecule has 0 radical (unpaired) electrons. The first kappa shape index (κ1) is 29.2. The van der Waals surface area contributed by atoms with Gasteiger partial charge in [0.05, 0.1) is 32.8 Å². The van der Waals surface area contributed by atoms with E-state index in [1.54, 1.807) is 72.7 Å². The fourth-order valence-corrected chi connectivity index (χ4v) is 6.11. The smallest absolute Gasteiger partial charge is 0.338 e. The number of ketones is 1. The predicted octanol–water partition coefficient (Wildman–Crippen LogP) is 5.75. The zero-order valence-corrected chi connectivity index (χ0v) is 24.6. The molecule has 216 valence electrons. The molecule has 0 saturated heterocycles. The van der Waals surface area contributed by atoms with Crippen molar-refractivity contribution in [3.63, 3.8) is 0 Å². The topological polar surface area (TPSA) is 108 Å². The van der Waals surface area contributed by atoms with Crippen LogP contribution < -0.4 is 15.4 Å². The molecule has 3 aromatic carbocycles. The Kier molecular flexibility index (Phi) is 8.29. The van der Waals surface area contributed by atoms with E-state index in [0.717, 1.165) is 5.56 Å². The van der Waals surface area contributed by atoms with E-state index in [1.165, 1.54) is 14.2 Å². The summed E-state index contributed by atoms with van der Waals surface area (Å²) < 4.78 is 15.6. The van der Waals surface area contributed by atoms with E-state index >= 15 is 0 Å². The van der Waals surface area contributed by atoms with Crippen LogP contribution in [0.3, 0.4) is 0 Å². The van der Waals surface area contributed by atoms with Gasteiger partial charge in [0.2, 0.25) is 0 Å². The lowest BCUT2D eigenvalue weighted by Crippen LogP contribution is -2.46. The van der Waals surface area contributed by atoms with Crippen molar-refractivity contribution in [3.8, 4) is 5.75 Å². The molecule has 10 heteroatoms. The van der Waals surface area contributed by atoms with Crippen molar-refractivity contribution >= 4 is 46.6 Å². The molecule has 3 aromatic rings. The highest BCUT2D eigenvalue weighted by atomic mass is 35.5. The van der Waals surface area contributed by atoms with Gasteiger partial charge >= 0.3 is 11.9 Å². The van der Waals surface area contributed by atoms with E-state index in [9.17, 15) is 14.4 Å². The van der Waals surface area contributed by atoms with Crippen molar-refractivity contribution in [2.45, 2.75) is 18.3 Å². The molecule has 1 heterocycles. The third-order valence-corrected chi connectivity index (χ3v) is 8.20. The van der Waals surface area contributed by atoms with Crippen molar-refractivity contribution in [2.75, 3.05) is 26.2 Å². The number of hydrogen-bond donors (Lipinski definition) is 1. The fourth-order valence-electron chi connectivity index (χ4n) is 5.80. The number of anilines is 1. The summed E-state index contributed by atoms with van der Waals surface area (Å²) in [7, 11) is 4.05. The molecule has 1 aliphatic carbocycles. The van der Waals surface area contributed by atoms with Gasteiger partial charge in [0.1, 0.15) is 17.5 Å². The standard InChI is InChI=1S/C32H28Cl2N2O6/c1-40-22-13-9-17(10-14-22)23-16-24-27(29(37)26(23)31(38)41-2)25(18-7-11-19(33)12-8-18)28(32(39)42-3)30(35)36(24)21-6-4-5-20(34)15-21/h4-15,23,25-26H,16,35H2,1-3H3. The van der Waals surface area contributed by atoms with Gasteiger partial charge in [-0.05, 0) is 60.0 Å². The average Bonchev–Trinajstić information content (AvgIpc) is 3.00. The molecule has 3 unspecified atom stereocenters. The number of Topliss-reactive ketones (excluding diaryl/α,β-unsaturated/α-hetero) is 1. The van der Waals surface area contributed by atoms with Crippen LogP contribution in [0.4, 0.5) is 5.69 Å². The summed E-state index contributed by atoms with van der Waals surface area (Å²) in [5.74, 6) is -3.89. The minimum Gasteiger partial charge on any atom is -0.497 e. The van der Waals surface area contributed by atoms with E-state index in [-0.39, 0.29) is 23.4 Å². The third kappa shape index (κ3) is 5.12. The van der Waals surface area contributed by atoms with Gasteiger partial charge in [-0.15, -0.1) is 0 Å². The zero-order valence-electron chi connectivity index (χ0n) is 23.1. The molecule has 5 rings (SSSR count). The molecule has 1 aliphatic heterocycles. The molecule has 42 heavy (non-hydrogen) atoms. The summed E-state index contributed by atoms with van der Waals surface area (Å²) in [6, 6.07) is 20.9. The maximum Gasteiger partial charge on any atom is 0.338 e. The van der Waals surface area contributed by atoms with Crippen LogP contribution in [0.15, 0.2) is 95.5 Å². The van der Waals surface area contributed by atoms with Crippen LogP contribution in [0.1, 0.15) is 29.4 Å². The van der Waals surface area contributed by atoms with Crippen LogP contribution in [-0.4, -0.2) is 39.1 Å². The summed E-state index contributed by atoms with van der Waals surface area (Å²) >= 11 is 12.6. The normalized spacial score (nSPS) is 20.3. The van der Waals surface area contributed by atoms with Crippen LogP contribution in [0.5, 0.6) is 5.75 Å². The second-order valence-electron chi connectivity index (χ2n) is 9.90. The van der Waals surface area contributed by atoms with Gasteiger partial charge in [0.15, 0.2) is 5.78 Å². The van der Waals surface area contributed by atoms with Crippen molar-refractivity contribution in [2.24, 2.45) is 11.7 Å². The van der Waals surface area contributed by atoms with Gasteiger partial charge in [-0.3, -0.25) is 14.5 Å². The number of ether oxygens (including phenoxy) is 3. The Balaban J connectivity index is 1.81. The second kappa shape index (κ2) is 11.9. The molecule has 2 N–H and O–H groups in total. The maximum atomic E-state index is 14.6. The van der Waals surface area contributed by atoms with Gasteiger partial charge < -0.3 is 19.9 Å². The van der Waals surface area contributed by atoms with Gasteiger partial charge in [-0.25, -0.2) is 4.79 Å². The summed E-state index contributed by atoms with van der Waals surface area (Å²) in [5, 5.41) is 0.908. The Morgan fingerprint density at radius 3 is 2.14 bits per heavy atom. The van der Waals surface area contributed by atoms with E-state index in [2.05, 4.69) is 0 Å². The predicted molar refractivity (Wildman–Crippen MR) is 159 cm³/mol. The van der Waals surface area contributed by atoms with Crippen LogP contribution in [0.2, 0.25) is 10.0 Å². The van der Waals surface area contributed by atoms with Crippen molar-refractivity contribution in [3.05, 3.63) is 117 Å². The summed E-state index contributed by atoms with van der Waals surface area (Å²) in [6.07, 6.45) is 0.221. The van der Waals surface area contributed by atoms with Crippen LogP contribution >= 0.6 is 23.2 Å². The number of benzene rings is 3. The van der Waals surface area contributed by atoms with Crippen LogP contribution in [0, 0.1) is 5.92 Å². The number of halogens is 2. The number of nitrogens with zero attached hydrogens (tertiary/aromatic N) is 1. The number of esters is 2. The molecule has 8 nitrogen and oxygen atoms in total. The number of rotatable bonds is 6. The molecule has 0 spiro atoms. The monoisotopic (exact) mass is 606 g/mol. The summed E-state index contributed by atoms with van der Waals surface area (Å²) in [6.45, 7) is 0. The summed E-state index contributed by atoms with van der Waals surface area (Å²) in [4.78, 5) is 43.0. The van der Waals surface area contributed by atoms with Gasteiger partial charge in [0.25, 0.3) is 0 Å². The lowest BCUT2D eigenvalue weighted by atomic mass is 9.67. The minimum absolute atomic E-state index is 0.0541. The van der Waals surface area contributed by atoms with Crippen LogP contribution in [0.25, 0.3) is 0 Å². The Labute approximate surface area is 253 Å². The molecule has 0 saturated carbocycles. The third-order valence-electron chi connectivity index (χ3n) is 7.71. The zero-order chi connectivity index (χ0) is 30.1. The Hall–Kier alpha value is -4.27. The van der Waals surface area contributed by atoms with Crippen molar-refractivity contribution in [1.82, 2.24) is 0 Å². The van der Waals surface area contributed by atoms with E-state index in [1.807, 2.05) is 12.1 Å². The number of hydrogen-bond acceptors (Lipinski definition) is 8. The average molecular weight is 607 g/mol. The highest BCUT2D eigenvalue weighted by Gasteiger charge is 2.51. The molecule has 2 aliphatic rings. The molecule has 0 bridgehead atoms. The molecule has 0 amide bonds. The number of methoxy groups -OCH3 is 3. The molecular weight excluding hydrogens is 579 g/mol. The quantitative estimate of drug-likeness (QED) is 0.279. The number of nitrogens with two attached hydrogens (primary N) is 1. The minimum atomic E-state index is -1.18. The maximum absolute atomic E-state index is 14.6. The van der Waals surface area contributed by atoms with Crippen molar-refractivity contribution < 1.29 is 28.6 Å². The van der Waals surface area contributed by atoms with E-state index in [4.69, 9.17) is 43.1 Å². The van der Waals surface area contributed by atoms with Crippen molar-refractivity contribution in [1.29, 1.82) is 0 Å². The lowest BCUT2D eigenvalue weighted by Gasteiger charge is -2.44. The Morgan fingerprint density at radius 2 is 1.55 bits per heavy atom. The van der Waals surface area contributed by atoms with Gasteiger partial charge in [-0.1, -0.05) is 53.5 Å². The number of allylic oxidation sites excluding steroid dienone is 2. The molecule has 0 fully saturated rings. The first-order valence-corrected chi connectivity index (χ1v) is 13.8. The molecular formula is C32H28Cl2N2O6. The second-order valence-corrected chi connectivity index (χ2v) is 10.8. The largest absolute Gasteiger partial charge is 0.497 e. The summed E-state index contributed by atoms with van der Waals surface area (Å²) in [5.41, 5.74) is 9.51. The number of carbonyl (C=O) groups excluding carboxylic acids is 3. The SMILES string of the molecule is COC(=O)C1=C(N)N(c2cccc(Cl)c2)C2=C(C(=O)C(C(=O)OC)C(c3ccc(OC)cc3)C2)C1c1ccc(Cl)cc1. The molecule has 3 atom stereocenters. The lowest BCUT2D eigenvalue weighted by molar-refractivity contribution is -0.150. The van der Waals surface area contributed by atoms with Crippen LogP contribution in [-0.2, 0) is 23.9 Å². The Bertz CT molecular complexity index is 1610. The number of carbonyl (C=O) groups is 3. The molecule has 0 aromatic heterocycles. The van der Waals surface area contributed by atoms with Gasteiger partial charge in [-0.2, -0.15) is 0 Å². The van der Waals surface area contributed by atoms with E-state index < -0.39 is 35.5 Å². The van der Waals surface area contributed by atoms with E-state index in [0.29, 0.717) is 32.7 Å².